The average Bonchev–Trinajstić information content (AvgIpc) is 2.47. The van der Waals surface area contributed by atoms with Crippen LogP contribution in [0, 0.1) is 0 Å². The molecule has 0 N–H and O–H groups in total. The van der Waals surface area contributed by atoms with Crippen LogP contribution in [0.3, 0.4) is 0 Å². The highest BCUT2D eigenvalue weighted by Crippen LogP contribution is 2.26. The summed E-state index contributed by atoms with van der Waals surface area (Å²) in [5, 5.41) is 1.41. The van der Waals surface area contributed by atoms with Crippen molar-refractivity contribution in [1.82, 2.24) is 0 Å². The number of hydrogen-bond acceptors (Lipinski definition) is 2. The first-order valence-corrected chi connectivity index (χ1v) is 4.24. The molecule has 0 fully saturated rings. The second-order valence-electron chi connectivity index (χ2n) is 2.85. The monoisotopic (exact) mass is 194 g/mol. The molecule has 13 heavy (non-hydrogen) atoms. The average molecular weight is 195 g/mol. The Morgan fingerprint density at radius 1 is 1.46 bits per heavy atom. The summed E-state index contributed by atoms with van der Waals surface area (Å²) >= 11 is 5.83. The third-order valence-corrected chi connectivity index (χ3v) is 2.23. The van der Waals surface area contributed by atoms with Gasteiger partial charge in [-0.2, -0.15) is 0 Å². The Kier molecular flexibility index (Phi) is 1.85. The molecule has 0 aliphatic carbocycles. The van der Waals surface area contributed by atoms with Gasteiger partial charge >= 0.3 is 0 Å². The topological polar surface area (TPSA) is 30.2 Å². The van der Waals surface area contributed by atoms with Gasteiger partial charge in [-0.05, 0) is 19.1 Å². The molecule has 2 rings (SSSR count). The molecule has 0 saturated heterocycles. The number of benzene rings is 1. The molecule has 2 nitrogen and oxygen atoms in total. The lowest BCUT2D eigenvalue weighted by Crippen LogP contribution is -1.89. The molecule has 0 amide bonds. The van der Waals surface area contributed by atoms with Crippen molar-refractivity contribution in [2.24, 2.45) is 0 Å². The zero-order valence-corrected chi connectivity index (χ0v) is 7.76. The van der Waals surface area contributed by atoms with Crippen LogP contribution < -0.4 is 0 Å². The lowest BCUT2D eigenvalue weighted by atomic mass is 10.1. The summed E-state index contributed by atoms with van der Waals surface area (Å²) < 4.78 is 5.16. The quantitative estimate of drug-likeness (QED) is 0.652. The number of carbonyl (C=O) groups is 1. The van der Waals surface area contributed by atoms with Gasteiger partial charge in [0.05, 0.1) is 5.02 Å². The van der Waals surface area contributed by atoms with Gasteiger partial charge in [0.1, 0.15) is 11.8 Å². The lowest BCUT2D eigenvalue weighted by Gasteiger charge is -1.93. The number of carbonyl (C=O) groups excluding carboxylic acids is 1. The molecule has 1 aromatic carbocycles. The number of halogens is 1. The molecular formula is C10H7ClO2. The van der Waals surface area contributed by atoms with Crippen molar-refractivity contribution in [1.29, 1.82) is 0 Å². The van der Waals surface area contributed by atoms with Crippen molar-refractivity contribution in [3.63, 3.8) is 0 Å². The largest absolute Gasteiger partial charge is 0.463 e. The Hall–Kier alpha value is -1.28. The molecule has 0 unspecified atom stereocenters. The van der Waals surface area contributed by atoms with Crippen LogP contribution in [0.25, 0.3) is 11.0 Å². The molecule has 0 saturated carbocycles. The van der Waals surface area contributed by atoms with Crippen molar-refractivity contribution >= 4 is 28.4 Å². The van der Waals surface area contributed by atoms with Crippen LogP contribution in [0.2, 0.25) is 5.02 Å². The van der Waals surface area contributed by atoms with Crippen molar-refractivity contribution in [3.8, 4) is 0 Å². The second kappa shape index (κ2) is 2.89. The molecule has 3 heteroatoms. The van der Waals surface area contributed by atoms with Crippen LogP contribution in [-0.2, 0) is 0 Å². The summed E-state index contributed by atoms with van der Waals surface area (Å²) in [5.74, 6) is 0.0226. The molecule has 2 aromatic rings. The first-order valence-electron chi connectivity index (χ1n) is 3.86. The third kappa shape index (κ3) is 1.33. The Morgan fingerprint density at radius 2 is 2.23 bits per heavy atom. The minimum Gasteiger partial charge on any atom is -0.463 e. The highest BCUT2D eigenvalue weighted by molar-refractivity contribution is 6.35. The van der Waals surface area contributed by atoms with Gasteiger partial charge in [-0.15, -0.1) is 0 Å². The molecule has 0 bridgehead atoms. The maximum atomic E-state index is 11.0. The van der Waals surface area contributed by atoms with E-state index in [9.17, 15) is 4.79 Å². The third-order valence-electron chi connectivity index (χ3n) is 1.93. The van der Waals surface area contributed by atoms with Crippen molar-refractivity contribution in [2.45, 2.75) is 6.92 Å². The standard InChI is InChI=1S/C10H7ClO2/c1-6(12)7-2-3-8-9(11)5-13-10(8)4-7/h2-5H,1H3. The van der Waals surface area contributed by atoms with E-state index in [0.717, 1.165) is 5.39 Å². The van der Waals surface area contributed by atoms with Crippen LogP contribution in [0.5, 0.6) is 0 Å². The zero-order valence-electron chi connectivity index (χ0n) is 7.00. The SMILES string of the molecule is CC(=O)c1ccc2c(Cl)coc2c1. The van der Waals surface area contributed by atoms with Crippen LogP contribution >= 0.6 is 11.6 Å². The predicted octanol–water partition coefficient (Wildman–Crippen LogP) is 3.29. The van der Waals surface area contributed by atoms with E-state index < -0.39 is 0 Å². The van der Waals surface area contributed by atoms with Gasteiger partial charge in [-0.25, -0.2) is 0 Å². The molecule has 0 atom stereocenters. The Labute approximate surface area is 80.1 Å². The summed E-state index contributed by atoms with van der Waals surface area (Å²) in [5.41, 5.74) is 1.29. The minimum atomic E-state index is 0.0226. The maximum Gasteiger partial charge on any atom is 0.159 e. The number of hydrogen-bond donors (Lipinski definition) is 0. The number of Topliss-reactive ketones (excluding diaryl/α,β-unsaturated/α-hetero) is 1. The van der Waals surface area contributed by atoms with Gasteiger partial charge in [-0.1, -0.05) is 17.7 Å². The highest BCUT2D eigenvalue weighted by atomic mass is 35.5. The van der Waals surface area contributed by atoms with E-state index in [1.165, 1.54) is 13.2 Å². The normalized spacial score (nSPS) is 10.6. The van der Waals surface area contributed by atoms with E-state index in [-0.39, 0.29) is 5.78 Å². The molecule has 0 radical (unpaired) electrons. The first kappa shape index (κ1) is 8.32. The summed E-state index contributed by atoms with van der Waals surface area (Å²) in [4.78, 5) is 11.0. The number of ketones is 1. The summed E-state index contributed by atoms with van der Waals surface area (Å²) in [6, 6.07) is 5.23. The molecule has 0 spiro atoms. The van der Waals surface area contributed by atoms with Crippen molar-refractivity contribution in [2.75, 3.05) is 0 Å². The Morgan fingerprint density at radius 3 is 2.92 bits per heavy atom. The molecule has 66 valence electrons. The Balaban J connectivity index is 2.70. The van der Waals surface area contributed by atoms with Gasteiger partial charge < -0.3 is 4.42 Å². The summed E-state index contributed by atoms with van der Waals surface area (Å²) in [6.07, 6.45) is 1.47. The fraction of sp³-hybridized carbons (Fsp3) is 0.100. The van der Waals surface area contributed by atoms with Crippen LogP contribution in [0.1, 0.15) is 17.3 Å². The summed E-state index contributed by atoms with van der Waals surface area (Å²) in [7, 11) is 0. The fourth-order valence-corrected chi connectivity index (χ4v) is 1.42. The minimum absolute atomic E-state index is 0.0226. The zero-order chi connectivity index (χ0) is 9.42. The first-order chi connectivity index (χ1) is 6.18. The lowest BCUT2D eigenvalue weighted by molar-refractivity contribution is 0.101. The van der Waals surface area contributed by atoms with Gasteiger partial charge in [0.25, 0.3) is 0 Å². The summed E-state index contributed by atoms with van der Waals surface area (Å²) in [6.45, 7) is 1.52. The fourth-order valence-electron chi connectivity index (χ4n) is 1.21. The smallest absolute Gasteiger partial charge is 0.159 e. The maximum absolute atomic E-state index is 11.0. The van der Waals surface area contributed by atoms with Crippen molar-refractivity contribution in [3.05, 3.63) is 35.0 Å². The van der Waals surface area contributed by atoms with Gasteiger partial charge in [-0.3, -0.25) is 4.79 Å². The van der Waals surface area contributed by atoms with Crippen LogP contribution in [0.15, 0.2) is 28.9 Å². The number of furan rings is 1. The van der Waals surface area contributed by atoms with E-state index in [2.05, 4.69) is 0 Å². The predicted molar refractivity (Wildman–Crippen MR) is 51.2 cm³/mol. The van der Waals surface area contributed by atoms with E-state index in [0.29, 0.717) is 16.2 Å². The van der Waals surface area contributed by atoms with Gasteiger partial charge in [0.2, 0.25) is 0 Å². The number of rotatable bonds is 1. The molecule has 1 aromatic heterocycles. The molecular weight excluding hydrogens is 188 g/mol. The van der Waals surface area contributed by atoms with Crippen LogP contribution in [0.4, 0.5) is 0 Å². The van der Waals surface area contributed by atoms with E-state index in [1.807, 2.05) is 0 Å². The molecule has 1 heterocycles. The molecule has 0 aliphatic rings. The van der Waals surface area contributed by atoms with Gasteiger partial charge in [0.15, 0.2) is 5.78 Å². The van der Waals surface area contributed by atoms with Gasteiger partial charge in [0, 0.05) is 10.9 Å². The van der Waals surface area contributed by atoms with Crippen LogP contribution in [-0.4, -0.2) is 5.78 Å². The van der Waals surface area contributed by atoms with Crippen molar-refractivity contribution < 1.29 is 9.21 Å². The van der Waals surface area contributed by atoms with E-state index in [1.54, 1.807) is 18.2 Å². The number of fused-ring (bicyclic) bond motifs is 1. The highest BCUT2D eigenvalue weighted by Gasteiger charge is 2.06. The second-order valence-corrected chi connectivity index (χ2v) is 3.26. The van der Waals surface area contributed by atoms with E-state index >= 15 is 0 Å². The van der Waals surface area contributed by atoms with E-state index in [4.69, 9.17) is 16.0 Å². The Bertz CT molecular complexity index is 471. The molecule has 0 aliphatic heterocycles.